The molecular formula is C14H20N2O6S. The molecule has 0 spiro atoms. The summed E-state index contributed by atoms with van der Waals surface area (Å²) in [4.78, 5) is 11.8. The lowest BCUT2D eigenvalue weighted by molar-refractivity contribution is 0.0761. The van der Waals surface area contributed by atoms with Crippen molar-refractivity contribution in [3.05, 3.63) is 23.8 Å². The van der Waals surface area contributed by atoms with Crippen molar-refractivity contribution in [3.63, 3.8) is 0 Å². The van der Waals surface area contributed by atoms with Gasteiger partial charge in [0, 0.05) is 14.2 Å². The van der Waals surface area contributed by atoms with Crippen LogP contribution in [-0.4, -0.2) is 61.0 Å². The van der Waals surface area contributed by atoms with Crippen LogP contribution in [0.4, 0.5) is 0 Å². The second-order valence-electron chi connectivity index (χ2n) is 4.98. The van der Waals surface area contributed by atoms with Crippen LogP contribution >= 0.6 is 0 Å². The van der Waals surface area contributed by atoms with Crippen LogP contribution in [0.2, 0.25) is 0 Å². The topological polar surface area (TPSA) is 103 Å². The van der Waals surface area contributed by atoms with Gasteiger partial charge in [-0.3, -0.25) is 4.79 Å². The molecule has 1 aliphatic heterocycles. The fourth-order valence-electron chi connectivity index (χ4n) is 2.31. The molecule has 2 atom stereocenters. The van der Waals surface area contributed by atoms with Crippen molar-refractivity contribution in [2.24, 2.45) is 0 Å². The summed E-state index contributed by atoms with van der Waals surface area (Å²) < 4.78 is 43.1. The molecule has 1 aromatic rings. The van der Waals surface area contributed by atoms with Gasteiger partial charge in [0.15, 0.2) is 0 Å². The normalized spacial score (nSPS) is 21.2. The van der Waals surface area contributed by atoms with E-state index in [9.17, 15) is 13.2 Å². The molecule has 0 aromatic heterocycles. The van der Waals surface area contributed by atoms with Crippen LogP contribution in [-0.2, 0) is 19.5 Å². The minimum atomic E-state index is -3.82. The minimum Gasteiger partial charge on any atom is -0.496 e. The Kier molecular flexibility index (Phi) is 5.58. The van der Waals surface area contributed by atoms with E-state index < -0.39 is 22.0 Å². The molecule has 0 bridgehead atoms. The first-order chi connectivity index (χ1) is 10.9. The Bertz CT molecular complexity index is 676. The average Bonchev–Trinajstić information content (AvgIpc) is 2.99. The molecule has 1 heterocycles. The van der Waals surface area contributed by atoms with E-state index in [1.807, 2.05) is 0 Å². The fraction of sp³-hybridized carbons (Fsp3) is 0.500. The number of carbonyl (C=O) groups is 1. The average molecular weight is 344 g/mol. The van der Waals surface area contributed by atoms with Crippen molar-refractivity contribution < 1.29 is 27.4 Å². The van der Waals surface area contributed by atoms with Crippen LogP contribution in [0.3, 0.4) is 0 Å². The van der Waals surface area contributed by atoms with Crippen LogP contribution in [0.25, 0.3) is 0 Å². The Morgan fingerprint density at radius 2 is 2.04 bits per heavy atom. The maximum atomic E-state index is 12.5. The van der Waals surface area contributed by atoms with Crippen molar-refractivity contribution in [1.29, 1.82) is 0 Å². The summed E-state index contributed by atoms with van der Waals surface area (Å²) in [5.74, 6) is -0.139. The molecular weight excluding hydrogens is 324 g/mol. The van der Waals surface area contributed by atoms with Gasteiger partial charge in [-0.15, -0.1) is 0 Å². The quantitative estimate of drug-likeness (QED) is 0.737. The Balaban J connectivity index is 2.31. The number of nitrogens with one attached hydrogen (secondary N) is 2. The van der Waals surface area contributed by atoms with E-state index in [0.29, 0.717) is 12.4 Å². The molecule has 2 rings (SSSR count). The molecule has 128 valence electrons. The smallest absolute Gasteiger partial charge is 0.254 e. The van der Waals surface area contributed by atoms with Crippen LogP contribution < -0.4 is 14.8 Å². The third kappa shape index (κ3) is 3.81. The molecule has 2 N–H and O–H groups in total. The van der Waals surface area contributed by atoms with Gasteiger partial charge in [0.05, 0.1) is 42.9 Å². The maximum absolute atomic E-state index is 12.5. The molecule has 23 heavy (non-hydrogen) atoms. The molecule has 1 aromatic carbocycles. The Labute approximate surface area is 135 Å². The fourth-order valence-corrected chi connectivity index (χ4v) is 3.59. The highest BCUT2D eigenvalue weighted by Gasteiger charge is 2.32. The van der Waals surface area contributed by atoms with Crippen molar-refractivity contribution in [3.8, 4) is 5.75 Å². The monoisotopic (exact) mass is 344 g/mol. The number of sulfonamides is 1. The molecule has 1 amide bonds. The van der Waals surface area contributed by atoms with E-state index in [1.165, 1.54) is 39.5 Å². The largest absolute Gasteiger partial charge is 0.496 e. The van der Waals surface area contributed by atoms with Gasteiger partial charge in [0.2, 0.25) is 10.0 Å². The van der Waals surface area contributed by atoms with Gasteiger partial charge in [-0.05, 0) is 18.2 Å². The summed E-state index contributed by atoms with van der Waals surface area (Å²) in [5.41, 5.74) is 0.142. The number of benzene rings is 1. The summed E-state index contributed by atoms with van der Waals surface area (Å²) in [7, 11) is 0.545. The zero-order chi connectivity index (χ0) is 17.0. The first-order valence-electron chi connectivity index (χ1n) is 6.96. The third-order valence-corrected chi connectivity index (χ3v) is 5.08. The van der Waals surface area contributed by atoms with E-state index in [0.717, 1.165) is 0 Å². The van der Waals surface area contributed by atoms with Gasteiger partial charge >= 0.3 is 0 Å². The minimum absolute atomic E-state index is 0.0290. The zero-order valence-corrected chi connectivity index (χ0v) is 14.0. The summed E-state index contributed by atoms with van der Waals surface area (Å²) >= 11 is 0. The van der Waals surface area contributed by atoms with Crippen LogP contribution in [0.15, 0.2) is 23.1 Å². The zero-order valence-electron chi connectivity index (χ0n) is 13.2. The van der Waals surface area contributed by atoms with Crippen molar-refractivity contribution in [2.75, 3.05) is 34.5 Å². The van der Waals surface area contributed by atoms with E-state index in [2.05, 4.69) is 10.0 Å². The first-order valence-corrected chi connectivity index (χ1v) is 8.44. The van der Waals surface area contributed by atoms with E-state index >= 15 is 0 Å². The molecule has 1 fully saturated rings. The highest BCUT2D eigenvalue weighted by Crippen LogP contribution is 2.23. The van der Waals surface area contributed by atoms with Crippen molar-refractivity contribution in [1.82, 2.24) is 10.0 Å². The number of methoxy groups -OCH3 is 2. The van der Waals surface area contributed by atoms with Gasteiger partial charge in [-0.25, -0.2) is 13.1 Å². The molecule has 0 radical (unpaired) electrons. The van der Waals surface area contributed by atoms with Gasteiger partial charge in [0.25, 0.3) is 5.91 Å². The second kappa shape index (κ2) is 7.26. The van der Waals surface area contributed by atoms with Crippen LogP contribution in [0.5, 0.6) is 5.75 Å². The molecule has 0 aliphatic carbocycles. The van der Waals surface area contributed by atoms with E-state index in [1.54, 1.807) is 0 Å². The summed E-state index contributed by atoms with van der Waals surface area (Å²) in [6.45, 7) is 0.561. The predicted molar refractivity (Wildman–Crippen MR) is 82.1 cm³/mol. The Morgan fingerprint density at radius 3 is 2.65 bits per heavy atom. The standard InChI is InChI=1S/C14H20N2O6S/c1-15-14(17)10-6-9(4-5-12(10)20-2)23(18,19)16-11-7-22-8-13(11)21-3/h4-6,11,13,16H,7-8H2,1-3H3,(H,15,17)/t11-,13-/m0/s1. The molecule has 1 saturated heterocycles. The SMILES string of the molecule is CNC(=O)c1cc(S(=O)(=O)N[C@H]2COC[C@@H]2OC)ccc1OC. The van der Waals surface area contributed by atoms with Gasteiger partial charge < -0.3 is 19.5 Å². The Morgan fingerprint density at radius 1 is 1.30 bits per heavy atom. The maximum Gasteiger partial charge on any atom is 0.254 e. The number of carbonyl (C=O) groups excluding carboxylic acids is 1. The van der Waals surface area contributed by atoms with Gasteiger partial charge in [-0.1, -0.05) is 0 Å². The molecule has 8 nitrogen and oxygen atoms in total. The van der Waals surface area contributed by atoms with E-state index in [4.69, 9.17) is 14.2 Å². The third-order valence-electron chi connectivity index (χ3n) is 3.59. The highest BCUT2D eigenvalue weighted by atomic mass is 32.2. The number of amides is 1. The van der Waals surface area contributed by atoms with E-state index in [-0.39, 0.29) is 23.2 Å². The summed E-state index contributed by atoms with van der Waals surface area (Å²) in [5, 5.41) is 2.45. The van der Waals surface area contributed by atoms with Crippen molar-refractivity contribution >= 4 is 15.9 Å². The lowest BCUT2D eigenvalue weighted by atomic mass is 10.2. The molecule has 9 heteroatoms. The summed E-state index contributed by atoms with van der Waals surface area (Å²) in [6, 6.07) is 3.62. The second-order valence-corrected chi connectivity index (χ2v) is 6.69. The highest BCUT2D eigenvalue weighted by molar-refractivity contribution is 7.89. The molecule has 1 aliphatic rings. The first kappa shape index (κ1) is 17.7. The van der Waals surface area contributed by atoms with Gasteiger partial charge in [-0.2, -0.15) is 0 Å². The lowest BCUT2D eigenvalue weighted by Gasteiger charge is -2.18. The lowest BCUT2D eigenvalue weighted by Crippen LogP contribution is -2.43. The van der Waals surface area contributed by atoms with Crippen molar-refractivity contribution in [2.45, 2.75) is 17.0 Å². The summed E-state index contributed by atoms with van der Waals surface area (Å²) in [6.07, 6.45) is -0.346. The number of ether oxygens (including phenoxy) is 3. The van der Waals surface area contributed by atoms with Crippen LogP contribution in [0, 0.1) is 0 Å². The number of hydrogen-bond acceptors (Lipinski definition) is 6. The number of rotatable bonds is 6. The molecule has 0 saturated carbocycles. The van der Waals surface area contributed by atoms with Gasteiger partial charge in [0.1, 0.15) is 5.75 Å². The molecule has 0 unspecified atom stereocenters. The van der Waals surface area contributed by atoms with Crippen LogP contribution in [0.1, 0.15) is 10.4 Å². The predicted octanol–water partition coefficient (Wildman–Crippen LogP) is -0.253. The number of hydrogen-bond donors (Lipinski definition) is 2. The Hall–Kier alpha value is -1.68.